The molecule has 3 N–H and O–H groups in total. The van der Waals surface area contributed by atoms with Crippen molar-refractivity contribution in [3.05, 3.63) is 59.9 Å². The summed E-state index contributed by atoms with van der Waals surface area (Å²) in [5, 5.41) is 9.81. The summed E-state index contributed by atoms with van der Waals surface area (Å²) in [5.41, 5.74) is 5.47. The number of benzene rings is 1. The van der Waals surface area contributed by atoms with Crippen molar-refractivity contribution in [2.45, 2.75) is 38.0 Å². The summed E-state index contributed by atoms with van der Waals surface area (Å²) in [6, 6.07) is 7.38. The van der Waals surface area contributed by atoms with E-state index in [4.69, 9.17) is 5.73 Å². The Kier molecular flexibility index (Phi) is 6.46. The second-order valence-electron chi connectivity index (χ2n) is 8.39. The molecule has 1 fully saturated rings. The molecule has 3 heterocycles. The van der Waals surface area contributed by atoms with Crippen LogP contribution in [0.4, 0.5) is 23.4 Å². The first-order valence-electron chi connectivity index (χ1n) is 11.0. The van der Waals surface area contributed by atoms with E-state index < -0.39 is 36.3 Å². The van der Waals surface area contributed by atoms with Gasteiger partial charge in [-0.1, -0.05) is 13.0 Å². The number of hydrogen-bond acceptors (Lipinski definition) is 6. The van der Waals surface area contributed by atoms with Gasteiger partial charge in [-0.2, -0.15) is 13.2 Å². The Morgan fingerprint density at radius 2 is 1.80 bits per heavy atom. The number of pyridine rings is 1. The number of alkyl halides is 3. The van der Waals surface area contributed by atoms with Crippen LogP contribution in [0.2, 0.25) is 0 Å². The van der Waals surface area contributed by atoms with Crippen LogP contribution in [0.15, 0.2) is 42.9 Å². The van der Waals surface area contributed by atoms with Gasteiger partial charge in [0.25, 0.3) is 5.91 Å². The summed E-state index contributed by atoms with van der Waals surface area (Å²) in [5.74, 6) is -1.23. The molecule has 0 radical (unpaired) electrons. The number of amides is 1. The third-order valence-corrected chi connectivity index (χ3v) is 6.21. The molecule has 3 aromatic rings. The highest BCUT2D eigenvalue weighted by Crippen LogP contribution is 2.39. The largest absolute Gasteiger partial charge is 0.417 e. The zero-order chi connectivity index (χ0) is 25.4. The Labute approximate surface area is 198 Å². The average molecular weight is 489 g/mol. The first kappa shape index (κ1) is 24.5. The Morgan fingerprint density at radius 3 is 2.37 bits per heavy atom. The number of carbonyl (C=O) groups excluding carboxylic acids is 1. The Bertz CT molecular complexity index is 1240. The molecule has 0 aliphatic carbocycles. The van der Waals surface area contributed by atoms with Crippen LogP contribution in [-0.4, -0.2) is 55.7 Å². The van der Waals surface area contributed by atoms with Crippen LogP contribution in [0.1, 0.15) is 35.8 Å². The van der Waals surface area contributed by atoms with Gasteiger partial charge < -0.3 is 15.7 Å². The van der Waals surface area contributed by atoms with Crippen molar-refractivity contribution in [3.8, 4) is 22.4 Å². The van der Waals surface area contributed by atoms with Crippen molar-refractivity contribution in [1.82, 2.24) is 19.9 Å². The molecule has 1 amide bonds. The second-order valence-corrected chi connectivity index (χ2v) is 8.39. The van der Waals surface area contributed by atoms with Crippen LogP contribution in [0.25, 0.3) is 22.4 Å². The van der Waals surface area contributed by atoms with Crippen LogP contribution >= 0.6 is 0 Å². The van der Waals surface area contributed by atoms with E-state index in [-0.39, 0.29) is 18.7 Å². The van der Waals surface area contributed by atoms with Gasteiger partial charge in [-0.05, 0) is 30.7 Å². The number of aromatic nitrogens is 3. The lowest BCUT2D eigenvalue weighted by Gasteiger charge is -2.39. The lowest BCUT2D eigenvalue weighted by molar-refractivity contribution is -0.271. The maximum absolute atomic E-state index is 15.1. The van der Waals surface area contributed by atoms with E-state index in [1.54, 1.807) is 18.3 Å². The van der Waals surface area contributed by atoms with E-state index in [9.17, 15) is 23.1 Å². The highest BCUT2D eigenvalue weighted by molar-refractivity contribution is 5.95. The number of halogens is 4. The topological polar surface area (TPSA) is 105 Å². The van der Waals surface area contributed by atoms with Crippen molar-refractivity contribution in [3.63, 3.8) is 0 Å². The molecule has 1 aliphatic heterocycles. The minimum atomic E-state index is -4.79. The molecule has 4 rings (SSSR count). The van der Waals surface area contributed by atoms with Crippen molar-refractivity contribution in [2.24, 2.45) is 0 Å². The van der Waals surface area contributed by atoms with Gasteiger partial charge in [0, 0.05) is 48.8 Å². The molecule has 35 heavy (non-hydrogen) atoms. The second kappa shape index (κ2) is 9.21. The van der Waals surface area contributed by atoms with Gasteiger partial charge >= 0.3 is 6.18 Å². The van der Waals surface area contributed by atoms with Crippen LogP contribution in [0.3, 0.4) is 0 Å². The van der Waals surface area contributed by atoms with E-state index in [1.165, 1.54) is 24.5 Å². The highest BCUT2D eigenvalue weighted by atomic mass is 19.4. The number of nitrogens with zero attached hydrogens (tertiary/aromatic N) is 4. The number of nitrogen functional groups attached to an aromatic ring is 1. The van der Waals surface area contributed by atoms with Crippen LogP contribution in [0.5, 0.6) is 0 Å². The van der Waals surface area contributed by atoms with Gasteiger partial charge in [0.1, 0.15) is 18.0 Å². The van der Waals surface area contributed by atoms with Crippen molar-refractivity contribution in [1.29, 1.82) is 0 Å². The summed E-state index contributed by atoms with van der Waals surface area (Å²) in [7, 11) is 0. The maximum Gasteiger partial charge on any atom is 0.417 e. The minimum absolute atomic E-state index is 0.272. The van der Waals surface area contributed by atoms with Crippen molar-refractivity contribution < 1.29 is 27.5 Å². The highest BCUT2D eigenvalue weighted by Gasteiger charge is 2.55. The summed E-state index contributed by atoms with van der Waals surface area (Å²) < 4.78 is 54.2. The lowest BCUT2D eigenvalue weighted by atomic mass is 9.90. The molecule has 1 aromatic carbocycles. The quantitative estimate of drug-likeness (QED) is 0.537. The fraction of sp³-hybridized carbons (Fsp3) is 0.333. The SMILES string of the molecule is CCc1ncnc(-c2ccc(C(=O)N3CCC(O)(C(F)(F)F)CC3)c(F)c2)c1-c1ccc(N)nc1. The number of piperidine rings is 1. The Hall–Kier alpha value is -3.60. The Balaban J connectivity index is 1.63. The van der Waals surface area contributed by atoms with E-state index in [2.05, 4.69) is 15.0 Å². The van der Waals surface area contributed by atoms with Gasteiger partial charge in [0.2, 0.25) is 0 Å². The van der Waals surface area contributed by atoms with E-state index in [0.717, 1.165) is 4.90 Å². The van der Waals surface area contributed by atoms with E-state index in [0.29, 0.717) is 40.3 Å². The lowest BCUT2D eigenvalue weighted by Crippen LogP contribution is -2.54. The van der Waals surface area contributed by atoms with E-state index >= 15 is 4.39 Å². The number of likely N-dealkylation sites (tertiary alicyclic amines) is 1. The molecule has 1 saturated heterocycles. The van der Waals surface area contributed by atoms with Crippen LogP contribution < -0.4 is 5.73 Å². The predicted octanol–water partition coefficient (Wildman–Crippen LogP) is 4.02. The van der Waals surface area contributed by atoms with Crippen LogP contribution in [0, 0.1) is 5.82 Å². The van der Waals surface area contributed by atoms with E-state index in [1.807, 2.05) is 6.92 Å². The molecule has 11 heteroatoms. The first-order valence-corrected chi connectivity index (χ1v) is 11.0. The number of nitrogens with two attached hydrogens (primary N) is 1. The number of aryl methyl sites for hydroxylation is 1. The maximum atomic E-state index is 15.1. The number of hydrogen-bond donors (Lipinski definition) is 2. The third kappa shape index (κ3) is 4.68. The zero-order valence-corrected chi connectivity index (χ0v) is 18.8. The molecule has 7 nitrogen and oxygen atoms in total. The Morgan fingerprint density at radius 1 is 1.11 bits per heavy atom. The molecule has 0 bridgehead atoms. The standard InChI is InChI=1S/C24H23F4N5O2/c1-2-18-20(15-4-6-19(29)30-12-15)21(32-13-31-18)14-3-5-16(17(25)11-14)22(34)33-9-7-23(35,8-10-33)24(26,27)28/h3-6,11-13,35H,2,7-10H2,1H3,(H2,29,30). The summed E-state index contributed by atoms with van der Waals surface area (Å²) in [6.07, 6.45) is -2.60. The first-order chi connectivity index (χ1) is 16.5. The summed E-state index contributed by atoms with van der Waals surface area (Å²) in [4.78, 5) is 26.7. The monoisotopic (exact) mass is 489 g/mol. The molecule has 0 saturated carbocycles. The average Bonchev–Trinajstić information content (AvgIpc) is 2.83. The van der Waals surface area contributed by atoms with Crippen molar-refractivity contribution in [2.75, 3.05) is 18.8 Å². The summed E-state index contributed by atoms with van der Waals surface area (Å²) in [6.45, 7) is 1.24. The van der Waals surface area contributed by atoms with Gasteiger partial charge in [-0.25, -0.2) is 19.3 Å². The molecule has 184 valence electrons. The van der Waals surface area contributed by atoms with Crippen molar-refractivity contribution >= 4 is 11.7 Å². The number of aliphatic hydroxyl groups is 1. The molecular weight excluding hydrogens is 466 g/mol. The van der Waals surface area contributed by atoms with Gasteiger partial charge in [-0.3, -0.25) is 4.79 Å². The number of carbonyl (C=O) groups is 1. The van der Waals surface area contributed by atoms with Gasteiger partial charge in [0.05, 0.1) is 17.0 Å². The smallest absolute Gasteiger partial charge is 0.384 e. The molecule has 0 unspecified atom stereocenters. The molecule has 1 aliphatic rings. The van der Waals surface area contributed by atoms with Crippen LogP contribution in [-0.2, 0) is 6.42 Å². The molecule has 0 atom stereocenters. The minimum Gasteiger partial charge on any atom is -0.384 e. The normalized spacial score (nSPS) is 15.8. The third-order valence-electron chi connectivity index (χ3n) is 6.21. The summed E-state index contributed by atoms with van der Waals surface area (Å²) >= 11 is 0. The molecule has 2 aromatic heterocycles. The van der Waals surface area contributed by atoms with Gasteiger partial charge in [-0.15, -0.1) is 0 Å². The zero-order valence-electron chi connectivity index (χ0n) is 18.8. The number of rotatable bonds is 4. The number of anilines is 1. The molecule has 0 spiro atoms. The molecular formula is C24H23F4N5O2. The predicted molar refractivity (Wildman–Crippen MR) is 121 cm³/mol. The van der Waals surface area contributed by atoms with Gasteiger partial charge in [0.15, 0.2) is 5.60 Å². The fourth-order valence-electron chi connectivity index (χ4n) is 4.13. The fourth-order valence-corrected chi connectivity index (χ4v) is 4.13.